The van der Waals surface area contributed by atoms with Gasteiger partial charge in [0, 0.05) is 30.3 Å². The fourth-order valence-electron chi connectivity index (χ4n) is 3.26. The maximum atomic E-state index is 13.3. The van der Waals surface area contributed by atoms with Crippen LogP contribution in [0.15, 0.2) is 61.1 Å². The first kappa shape index (κ1) is 17.3. The predicted octanol–water partition coefficient (Wildman–Crippen LogP) is 3.72. The Morgan fingerprint density at radius 2 is 2.00 bits per heavy atom. The minimum absolute atomic E-state index is 0.0425. The third-order valence-corrected chi connectivity index (χ3v) is 5.01. The Kier molecular flexibility index (Phi) is 4.62. The van der Waals surface area contributed by atoms with Crippen LogP contribution in [0, 0.1) is 5.92 Å². The summed E-state index contributed by atoms with van der Waals surface area (Å²) in [7, 11) is 1.64. The summed E-state index contributed by atoms with van der Waals surface area (Å²) >= 11 is 0. The lowest BCUT2D eigenvalue weighted by Gasteiger charge is -2.29. The van der Waals surface area contributed by atoms with Gasteiger partial charge in [-0.05, 0) is 68.1 Å². The van der Waals surface area contributed by atoms with Gasteiger partial charge in [-0.15, -0.1) is 0 Å². The Balaban J connectivity index is 1.63. The van der Waals surface area contributed by atoms with E-state index in [0.717, 1.165) is 24.3 Å². The molecule has 0 aliphatic heterocycles. The van der Waals surface area contributed by atoms with Gasteiger partial charge in [0.2, 0.25) is 0 Å². The van der Waals surface area contributed by atoms with Crippen LogP contribution in [0.5, 0.6) is 5.75 Å². The van der Waals surface area contributed by atoms with Crippen molar-refractivity contribution in [3.63, 3.8) is 0 Å². The molecule has 1 atom stereocenters. The number of anilines is 1. The number of methoxy groups -OCH3 is 1. The number of aromatic nitrogens is 3. The van der Waals surface area contributed by atoms with E-state index in [1.54, 1.807) is 24.2 Å². The van der Waals surface area contributed by atoms with E-state index in [1.165, 1.54) is 0 Å². The van der Waals surface area contributed by atoms with Crippen LogP contribution in [-0.4, -0.2) is 33.8 Å². The van der Waals surface area contributed by atoms with Crippen LogP contribution in [0.2, 0.25) is 0 Å². The minimum atomic E-state index is -0.0425. The Morgan fingerprint density at radius 1 is 1.22 bits per heavy atom. The Hall–Kier alpha value is -3.15. The molecule has 1 aromatic carbocycles. The number of ether oxygens (including phenoxy) is 1. The van der Waals surface area contributed by atoms with Gasteiger partial charge in [-0.2, -0.15) is 5.10 Å². The monoisotopic (exact) mass is 362 g/mol. The van der Waals surface area contributed by atoms with Crippen molar-refractivity contribution in [2.24, 2.45) is 5.92 Å². The van der Waals surface area contributed by atoms with Crippen LogP contribution in [0.3, 0.4) is 0 Å². The maximum Gasteiger partial charge on any atom is 0.260 e. The largest absolute Gasteiger partial charge is 0.497 e. The smallest absolute Gasteiger partial charge is 0.260 e. The first-order valence-electron chi connectivity index (χ1n) is 9.11. The zero-order valence-corrected chi connectivity index (χ0v) is 15.4. The van der Waals surface area contributed by atoms with Crippen LogP contribution in [0.4, 0.5) is 5.69 Å². The molecular formula is C21H22N4O2. The Labute approximate surface area is 158 Å². The van der Waals surface area contributed by atoms with E-state index < -0.39 is 0 Å². The third-order valence-electron chi connectivity index (χ3n) is 5.01. The summed E-state index contributed by atoms with van der Waals surface area (Å²) in [5, 5.41) is 4.17. The topological polar surface area (TPSA) is 60.2 Å². The van der Waals surface area contributed by atoms with Gasteiger partial charge in [-0.3, -0.25) is 4.79 Å². The van der Waals surface area contributed by atoms with E-state index in [4.69, 9.17) is 4.74 Å². The molecule has 0 saturated heterocycles. The summed E-state index contributed by atoms with van der Waals surface area (Å²) in [6.07, 6.45) is 7.47. The van der Waals surface area contributed by atoms with Gasteiger partial charge >= 0.3 is 0 Å². The molecule has 2 heterocycles. The van der Waals surface area contributed by atoms with Crippen LogP contribution < -0.4 is 9.64 Å². The van der Waals surface area contributed by atoms with Crippen molar-refractivity contribution in [2.75, 3.05) is 12.0 Å². The molecule has 1 amide bonds. The van der Waals surface area contributed by atoms with E-state index in [9.17, 15) is 4.79 Å². The van der Waals surface area contributed by atoms with Gasteiger partial charge in [-0.1, -0.05) is 0 Å². The Bertz CT molecular complexity index is 900. The van der Waals surface area contributed by atoms with Crippen LogP contribution in [0.1, 0.15) is 30.1 Å². The normalized spacial score (nSPS) is 14.6. The van der Waals surface area contributed by atoms with Gasteiger partial charge < -0.3 is 9.64 Å². The fraction of sp³-hybridized carbons (Fsp3) is 0.286. The molecule has 27 heavy (non-hydrogen) atoms. The number of hydrogen-bond acceptors (Lipinski definition) is 4. The lowest BCUT2D eigenvalue weighted by atomic mass is 10.1. The van der Waals surface area contributed by atoms with E-state index in [1.807, 2.05) is 53.6 Å². The van der Waals surface area contributed by atoms with Crippen LogP contribution in [-0.2, 0) is 0 Å². The highest BCUT2D eigenvalue weighted by atomic mass is 16.5. The summed E-state index contributed by atoms with van der Waals surface area (Å²) in [4.78, 5) is 19.6. The zero-order valence-electron chi connectivity index (χ0n) is 15.4. The van der Waals surface area contributed by atoms with Gasteiger partial charge in [0.1, 0.15) is 5.75 Å². The molecule has 6 nitrogen and oxygen atoms in total. The minimum Gasteiger partial charge on any atom is -0.497 e. The number of nitrogens with zero attached hydrogens (tertiary/aromatic N) is 4. The molecule has 4 rings (SSSR count). The second-order valence-electron chi connectivity index (χ2n) is 6.81. The van der Waals surface area contributed by atoms with Crippen molar-refractivity contribution in [3.8, 4) is 11.6 Å². The zero-order chi connectivity index (χ0) is 18.8. The number of amides is 1. The summed E-state index contributed by atoms with van der Waals surface area (Å²) in [6.45, 7) is 2.12. The highest BCUT2D eigenvalue weighted by Crippen LogP contribution is 2.37. The first-order valence-corrected chi connectivity index (χ1v) is 9.11. The van der Waals surface area contributed by atoms with E-state index in [0.29, 0.717) is 17.3 Å². The molecule has 1 aliphatic rings. The molecule has 0 spiro atoms. The van der Waals surface area contributed by atoms with Crippen LogP contribution >= 0.6 is 0 Å². The van der Waals surface area contributed by atoms with Gasteiger partial charge in [0.25, 0.3) is 5.91 Å². The fourth-order valence-corrected chi connectivity index (χ4v) is 3.26. The average molecular weight is 362 g/mol. The number of carbonyl (C=O) groups is 1. The molecule has 0 radical (unpaired) electrons. The van der Waals surface area contributed by atoms with E-state index >= 15 is 0 Å². The number of benzene rings is 1. The molecule has 1 aliphatic carbocycles. The lowest BCUT2D eigenvalue weighted by Crippen LogP contribution is -2.40. The standard InChI is InChI=1S/C21H22N4O2/c1-15(16-4-5-16)25(18-7-9-19(27-2)10-8-18)21(26)17-6-11-20(22-14-17)24-13-3-12-23-24/h3,6-16H,4-5H2,1-2H3/t15-/m1/s1. The molecule has 3 aromatic rings. The van der Waals surface area contributed by atoms with Crippen molar-refractivity contribution in [1.82, 2.24) is 14.8 Å². The molecule has 2 aromatic heterocycles. The molecule has 138 valence electrons. The molecule has 0 N–H and O–H groups in total. The van der Waals surface area contributed by atoms with Crippen molar-refractivity contribution in [3.05, 3.63) is 66.6 Å². The summed E-state index contributed by atoms with van der Waals surface area (Å²) < 4.78 is 6.91. The van der Waals surface area contributed by atoms with E-state index in [2.05, 4.69) is 17.0 Å². The quantitative estimate of drug-likeness (QED) is 0.670. The van der Waals surface area contributed by atoms with Crippen molar-refractivity contribution in [1.29, 1.82) is 0 Å². The van der Waals surface area contributed by atoms with Gasteiger partial charge in [-0.25, -0.2) is 9.67 Å². The average Bonchev–Trinajstić information content (AvgIpc) is 3.43. The molecule has 0 bridgehead atoms. The molecule has 0 unspecified atom stereocenters. The lowest BCUT2D eigenvalue weighted by molar-refractivity contribution is 0.0975. The van der Waals surface area contributed by atoms with Crippen molar-refractivity contribution in [2.45, 2.75) is 25.8 Å². The first-order chi connectivity index (χ1) is 13.2. The number of hydrogen-bond donors (Lipinski definition) is 0. The molecule has 1 fully saturated rings. The number of pyridine rings is 1. The highest BCUT2D eigenvalue weighted by molar-refractivity contribution is 6.06. The Morgan fingerprint density at radius 3 is 2.56 bits per heavy atom. The van der Waals surface area contributed by atoms with Crippen LogP contribution in [0.25, 0.3) is 5.82 Å². The molecular weight excluding hydrogens is 340 g/mol. The SMILES string of the molecule is COc1ccc(N(C(=O)c2ccc(-n3cccn3)nc2)[C@H](C)C2CC2)cc1. The maximum absolute atomic E-state index is 13.3. The molecule has 1 saturated carbocycles. The summed E-state index contributed by atoms with van der Waals surface area (Å²) in [5.41, 5.74) is 1.44. The third kappa shape index (κ3) is 3.56. The van der Waals surface area contributed by atoms with Crippen molar-refractivity contribution >= 4 is 11.6 Å². The van der Waals surface area contributed by atoms with Gasteiger partial charge in [0.05, 0.1) is 12.7 Å². The summed E-state index contributed by atoms with van der Waals surface area (Å²) in [6, 6.07) is 13.2. The van der Waals surface area contributed by atoms with E-state index in [-0.39, 0.29) is 11.9 Å². The number of rotatable bonds is 6. The number of carbonyl (C=O) groups excluding carboxylic acids is 1. The predicted molar refractivity (Wildman–Crippen MR) is 103 cm³/mol. The van der Waals surface area contributed by atoms with Gasteiger partial charge in [0.15, 0.2) is 5.82 Å². The second-order valence-corrected chi connectivity index (χ2v) is 6.81. The summed E-state index contributed by atoms with van der Waals surface area (Å²) in [5.74, 6) is 1.96. The highest BCUT2D eigenvalue weighted by Gasteiger charge is 2.35. The second kappa shape index (κ2) is 7.23. The molecule has 6 heteroatoms. The van der Waals surface area contributed by atoms with Crippen molar-refractivity contribution < 1.29 is 9.53 Å².